The van der Waals surface area contributed by atoms with E-state index in [1.165, 1.54) is 12.7 Å². The third kappa shape index (κ3) is 3.08. The van der Waals surface area contributed by atoms with E-state index in [0.29, 0.717) is 5.57 Å². The van der Waals surface area contributed by atoms with Crippen LogP contribution >= 0.6 is 11.8 Å². The SMILES string of the molecule is COC(=O)C1=CSC(c2ccccc2)=CC1N(C)C. The van der Waals surface area contributed by atoms with E-state index in [1.54, 1.807) is 11.8 Å². The second-order valence-electron chi connectivity index (χ2n) is 4.49. The summed E-state index contributed by atoms with van der Waals surface area (Å²) in [6, 6.07) is 10.1. The highest BCUT2D eigenvalue weighted by Crippen LogP contribution is 2.36. The van der Waals surface area contributed by atoms with E-state index in [0.717, 1.165) is 4.91 Å². The molecule has 1 unspecified atom stereocenters. The number of carbonyl (C=O) groups excluding carboxylic acids is 1. The van der Waals surface area contributed by atoms with Crippen molar-refractivity contribution in [3.63, 3.8) is 0 Å². The van der Waals surface area contributed by atoms with Crippen LogP contribution in [0.2, 0.25) is 0 Å². The number of hydrogen-bond acceptors (Lipinski definition) is 4. The van der Waals surface area contributed by atoms with Crippen LogP contribution in [0.15, 0.2) is 47.4 Å². The normalized spacial score (nSPS) is 18.8. The lowest BCUT2D eigenvalue weighted by molar-refractivity contribution is -0.136. The van der Waals surface area contributed by atoms with Gasteiger partial charge in [0.05, 0.1) is 18.7 Å². The van der Waals surface area contributed by atoms with Gasteiger partial charge in [-0.1, -0.05) is 42.1 Å². The Morgan fingerprint density at radius 2 is 1.95 bits per heavy atom. The Morgan fingerprint density at radius 3 is 2.53 bits per heavy atom. The van der Waals surface area contributed by atoms with Crippen LogP contribution in [0.5, 0.6) is 0 Å². The topological polar surface area (TPSA) is 29.5 Å². The number of hydrogen-bond donors (Lipinski definition) is 0. The van der Waals surface area contributed by atoms with Crippen LogP contribution in [0.25, 0.3) is 4.91 Å². The zero-order chi connectivity index (χ0) is 13.8. The molecule has 2 rings (SSSR count). The summed E-state index contributed by atoms with van der Waals surface area (Å²) in [6.07, 6.45) is 2.10. The van der Waals surface area contributed by atoms with Crippen LogP contribution in [-0.4, -0.2) is 38.1 Å². The highest BCUT2D eigenvalue weighted by molar-refractivity contribution is 8.11. The van der Waals surface area contributed by atoms with Gasteiger partial charge in [0.25, 0.3) is 0 Å². The summed E-state index contributed by atoms with van der Waals surface area (Å²) in [5.41, 5.74) is 1.84. The molecule has 1 heterocycles. The number of likely N-dealkylation sites (N-methyl/N-ethyl adjacent to an activating group) is 1. The van der Waals surface area contributed by atoms with Gasteiger partial charge in [0.1, 0.15) is 0 Å². The lowest BCUT2D eigenvalue weighted by Crippen LogP contribution is -2.32. The molecule has 0 radical (unpaired) electrons. The van der Waals surface area contributed by atoms with Crippen LogP contribution in [-0.2, 0) is 9.53 Å². The van der Waals surface area contributed by atoms with Crippen molar-refractivity contribution >= 4 is 22.6 Å². The molecule has 0 N–H and O–H groups in total. The molecule has 0 fully saturated rings. The molecule has 1 aromatic rings. The average Bonchev–Trinajstić information content (AvgIpc) is 2.46. The number of carbonyl (C=O) groups is 1. The van der Waals surface area contributed by atoms with Gasteiger partial charge in [-0.05, 0) is 31.1 Å². The first-order valence-corrected chi connectivity index (χ1v) is 6.90. The van der Waals surface area contributed by atoms with Gasteiger partial charge < -0.3 is 4.74 Å². The van der Waals surface area contributed by atoms with Crippen LogP contribution in [0.4, 0.5) is 0 Å². The van der Waals surface area contributed by atoms with Crippen molar-refractivity contribution in [2.75, 3.05) is 21.2 Å². The van der Waals surface area contributed by atoms with Gasteiger partial charge >= 0.3 is 5.97 Å². The molecule has 0 saturated heterocycles. The Kier molecular flexibility index (Phi) is 4.45. The summed E-state index contributed by atoms with van der Waals surface area (Å²) in [7, 11) is 5.32. The average molecular weight is 275 g/mol. The molecule has 3 nitrogen and oxygen atoms in total. The molecule has 1 aliphatic heterocycles. The number of thioether (sulfide) groups is 1. The number of benzene rings is 1. The van der Waals surface area contributed by atoms with E-state index < -0.39 is 0 Å². The van der Waals surface area contributed by atoms with Crippen LogP contribution in [0, 0.1) is 0 Å². The molecule has 0 spiro atoms. The number of nitrogens with zero attached hydrogens (tertiary/aromatic N) is 1. The standard InChI is InChI=1S/C15H17NO2S/c1-16(2)13-9-14(11-7-5-4-6-8-11)19-10-12(13)15(17)18-3/h4-10,13H,1-3H3. The summed E-state index contributed by atoms with van der Waals surface area (Å²) in [5.74, 6) is -0.269. The Bertz CT molecular complexity index is 520. The number of ether oxygens (including phenoxy) is 1. The lowest BCUT2D eigenvalue weighted by Gasteiger charge is -2.26. The van der Waals surface area contributed by atoms with E-state index in [2.05, 4.69) is 18.2 Å². The van der Waals surface area contributed by atoms with E-state index in [4.69, 9.17) is 4.74 Å². The third-order valence-corrected chi connectivity index (χ3v) is 3.97. The summed E-state index contributed by atoms with van der Waals surface area (Å²) >= 11 is 1.56. The second kappa shape index (κ2) is 6.08. The predicted molar refractivity (Wildman–Crippen MR) is 79.6 cm³/mol. The molecule has 1 atom stereocenters. The third-order valence-electron chi connectivity index (χ3n) is 2.98. The Labute approximate surface area is 117 Å². The molecular weight excluding hydrogens is 258 g/mol. The first-order valence-electron chi connectivity index (χ1n) is 6.02. The van der Waals surface area contributed by atoms with Gasteiger partial charge in [-0.15, -0.1) is 0 Å². The van der Waals surface area contributed by atoms with Crippen molar-refractivity contribution in [1.82, 2.24) is 4.90 Å². The molecule has 1 aliphatic rings. The first-order chi connectivity index (χ1) is 9.13. The Balaban J connectivity index is 2.31. The maximum absolute atomic E-state index is 11.8. The minimum absolute atomic E-state index is 0.0519. The largest absolute Gasteiger partial charge is 0.466 e. The molecular formula is C15H17NO2S. The summed E-state index contributed by atoms with van der Waals surface area (Å²) < 4.78 is 4.83. The number of esters is 1. The van der Waals surface area contributed by atoms with Gasteiger partial charge in [-0.3, -0.25) is 4.90 Å². The van der Waals surface area contributed by atoms with E-state index >= 15 is 0 Å². The predicted octanol–water partition coefficient (Wildman–Crippen LogP) is 2.76. The Morgan fingerprint density at radius 1 is 1.26 bits per heavy atom. The first kappa shape index (κ1) is 13.9. The summed E-state index contributed by atoms with van der Waals surface area (Å²) in [5, 5.41) is 1.89. The van der Waals surface area contributed by atoms with E-state index in [1.807, 2.05) is 42.6 Å². The maximum atomic E-state index is 11.8. The van der Waals surface area contributed by atoms with Gasteiger partial charge in [0, 0.05) is 4.91 Å². The lowest BCUT2D eigenvalue weighted by atomic mass is 10.1. The summed E-state index contributed by atoms with van der Waals surface area (Å²) in [4.78, 5) is 14.9. The fourth-order valence-electron chi connectivity index (χ4n) is 1.95. The fraction of sp³-hybridized carbons (Fsp3) is 0.267. The molecule has 1 aromatic carbocycles. The van der Waals surface area contributed by atoms with Crippen molar-refractivity contribution in [2.45, 2.75) is 6.04 Å². The van der Waals surface area contributed by atoms with Crippen LogP contribution in [0.3, 0.4) is 0 Å². The fourth-order valence-corrected chi connectivity index (χ4v) is 2.92. The van der Waals surface area contributed by atoms with Crippen LogP contribution in [0.1, 0.15) is 5.56 Å². The molecule has 19 heavy (non-hydrogen) atoms. The number of rotatable bonds is 3. The highest BCUT2D eigenvalue weighted by Gasteiger charge is 2.26. The van der Waals surface area contributed by atoms with Crippen molar-refractivity contribution in [2.24, 2.45) is 0 Å². The smallest absolute Gasteiger partial charge is 0.336 e. The highest BCUT2D eigenvalue weighted by atomic mass is 32.2. The zero-order valence-corrected chi connectivity index (χ0v) is 12.1. The molecule has 0 bridgehead atoms. The van der Waals surface area contributed by atoms with Crippen LogP contribution < -0.4 is 0 Å². The molecule has 0 aromatic heterocycles. The van der Waals surface area contributed by atoms with E-state index in [-0.39, 0.29) is 12.0 Å². The van der Waals surface area contributed by atoms with Crippen molar-refractivity contribution < 1.29 is 9.53 Å². The van der Waals surface area contributed by atoms with Crippen molar-refractivity contribution in [3.8, 4) is 0 Å². The minimum atomic E-state index is -0.269. The molecule has 4 heteroatoms. The van der Waals surface area contributed by atoms with Gasteiger partial charge in [0.15, 0.2) is 0 Å². The zero-order valence-electron chi connectivity index (χ0n) is 11.3. The van der Waals surface area contributed by atoms with Crippen molar-refractivity contribution in [1.29, 1.82) is 0 Å². The Hall–Kier alpha value is -1.52. The van der Waals surface area contributed by atoms with Crippen molar-refractivity contribution in [3.05, 3.63) is 53.0 Å². The minimum Gasteiger partial charge on any atom is -0.466 e. The van der Waals surface area contributed by atoms with Gasteiger partial charge in [-0.2, -0.15) is 0 Å². The quantitative estimate of drug-likeness (QED) is 0.793. The maximum Gasteiger partial charge on any atom is 0.336 e. The van der Waals surface area contributed by atoms with E-state index in [9.17, 15) is 4.79 Å². The molecule has 100 valence electrons. The molecule has 0 amide bonds. The monoisotopic (exact) mass is 275 g/mol. The summed E-state index contributed by atoms with van der Waals surface area (Å²) in [6.45, 7) is 0. The molecule has 0 saturated carbocycles. The molecule has 0 aliphatic carbocycles. The second-order valence-corrected chi connectivity index (χ2v) is 5.40. The number of methoxy groups -OCH3 is 1. The van der Waals surface area contributed by atoms with Gasteiger partial charge in [-0.25, -0.2) is 4.79 Å². The van der Waals surface area contributed by atoms with Gasteiger partial charge in [0.2, 0.25) is 0 Å².